The summed E-state index contributed by atoms with van der Waals surface area (Å²) < 4.78 is 27.1. The normalized spacial score (nSPS) is 31.8. The van der Waals surface area contributed by atoms with Crippen LogP contribution in [0.1, 0.15) is 6.92 Å². The van der Waals surface area contributed by atoms with E-state index < -0.39 is 32.7 Å². The zero-order chi connectivity index (χ0) is 10.1. The van der Waals surface area contributed by atoms with Crippen LogP contribution in [0, 0.1) is 10.1 Å². The Morgan fingerprint density at radius 2 is 2.15 bits per heavy atom. The third kappa shape index (κ3) is 2.38. The summed E-state index contributed by atoms with van der Waals surface area (Å²) in [6.45, 7) is 1.98. The summed E-state index contributed by atoms with van der Waals surface area (Å²) in [5, 5.41) is 10.4. The van der Waals surface area contributed by atoms with Crippen molar-refractivity contribution in [2.75, 3.05) is 18.1 Å². The molecule has 0 aromatic carbocycles. The second kappa shape index (κ2) is 3.59. The number of sulfone groups is 1. The first-order valence-electron chi connectivity index (χ1n) is 3.92. The van der Waals surface area contributed by atoms with E-state index in [0.29, 0.717) is 6.61 Å². The van der Waals surface area contributed by atoms with Gasteiger partial charge in [0.15, 0.2) is 9.84 Å². The summed E-state index contributed by atoms with van der Waals surface area (Å²) in [4.78, 5) is 9.86. The maximum atomic E-state index is 11.0. The number of ether oxygens (including phenoxy) is 1. The van der Waals surface area contributed by atoms with E-state index in [1.165, 1.54) is 0 Å². The van der Waals surface area contributed by atoms with Gasteiger partial charge in [0.1, 0.15) is 11.9 Å². The van der Waals surface area contributed by atoms with Gasteiger partial charge in [0.25, 0.3) is 6.04 Å². The Morgan fingerprint density at radius 3 is 2.62 bits per heavy atom. The van der Waals surface area contributed by atoms with E-state index in [1.54, 1.807) is 6.92 Å². The van der Waals surface area contributed by atoms with E-state index in [1.807, 2.05) is 0 Å². The molecule has 1 aliphatic rings. The molecule has 0 aliphatic carbocycles. The molecule has 0 spiro atoms. The molecular formula is C6H11NO5S. The molecule has 0 radical (unpaired) electrons. The minimum Gasteiger partial charge on any atom is -0.370 e. The highest BCUT2D eigenvalue weighted by molar-refractivity contribution is 7.91. The van der Waals surface area contributed by atoms with Gasteiger partial charge < -0.3 is 4.74 Å². The fourth-order valence-corrected chi connectivity index (χ4v) is 3.18. The minimum absolute atomic E-state index is 0.230. The Kier molecular flexibility index (Phi) is 2.87. The summed E-state index contributed by atoms with van der Waals surface area (Å²) in [7, 11) is -3.28. The van der Waals surface area contributed by atoms with Crippen molar-refractivity contribution in [1.82, 2.24) is 0 Å². The van der Waals surface area contributed by atoms with Gasteiger partial charge in [-0.05, 0) is 6.92 Å². The van der Waals surface area contributed by atoms with Gasteiger partial charge in [0.2, 0.25) is 0 Å². The predicted octanol–water partition coefficient (Wildman–Crippen LogP) is -0.535. The molecule has 0 aromatic rings. The average molecular weight is 209 g/mol. The van der Waals surface area contributed by atoms with E-state index in [0.717, 1.165) is 0 Å². The Labute approximate surface area is 76.0 Å². The monoisotopic (exact) mass is 209 g/mol. The average Bonchev–Trinajstić information content (AvgIpc) is 2.26. The highest BCUT2D eigenvalue weighted by atomic mass is 32.2. The van der Waals surface area contributed by atoms with Crippen molar-refractivity contribution in [3.63, 3.8) is 0 Å². The van der Waals surface area contributed by atoms with Crippen LogP contribution in [0.25, 0.3) is 0 Å². The molecule has 76 valence electrons. The molecule has 6 nitrogen and oxygen atoms in total. The summed E-state index contributed by atoms with van der Waals surface area (Å²) in [5.41, 5.74) is 0. The first kappa shape index (κ1) is 10.4. The largest absolute Gasteiger partial charge is 0.370 e. The Balaban J connectivity index is 2.77. The van der Waals surface area contributed by atoms with Crippen molar-refractivity contribution in [3.8, 4) is 0 Å². The van der Waals surface area contributed by atoms with Crippen molar-refractivity contribution >= 4 is 9.84 Å². The number of hydrogen-bond acceptors (Lipinski definition) is 5. The first-order valence-corrected chi connectivity index (χ1v) is 5.74. The first-order chi connectivity index (χ1) is 5.96. The van der Waals surface area contributed by atoms with E-state index in [4.69, 9.17) is 4.74 Å². The number of nitro groups is 1. The van der Waals surface area contributed by atoms with Gasteiger partial charge in [-0.2, -0.15) is 0 Å². The lowest BCUT2D eigenvalue weighted by Crippen LogP contribution is -2.34. The third-order valence-corrected chi connectivity index (χ3v) is 3.61. The summed E-state index contributed by atoms with van der Waals surface area (Å²) >= 11 is 0. The summed E-state index contributed by atoms with van der Waals surface area (Å²) in [6.07, 6.45) is -0.773. The summed E-state index contributed by atoms with van der Waals surface area (Å²) in [5.74, 6) is -0.628. The molecular weight excluding hydrogens is 198 g/mol. The maximum absolute atomic E-state index is 11.0. The molecule has 0 unspecified atom stereocenters. The highest BCUT2D eigenvalue weighted by Crippen LogP contribution is 2.18. The molecule has 2 atom stereocenters. The van der Waals surface area contributed by atoms with Crippen molar-refractivity contribution in [3.05, 3.63) is 10.1 Å². The maximum Gasteiger partial charge on any atom is 0.253 e. The highest BCUT2D eigenvalue weighted by Gasteiger charge is 2.46. The van der Waals surface area contributed by atoms with Crippen molar-refractivity contribution in [2.24, 2.45) is 0 Å². The Morgan fingerprint density at radius 1 is 1.54 bits per heavy atom. The quantitative estimate of drug-likeness (QED) is 0.460. The van der Waals surface area contributed by atoms with Gasteiger partial charge in [-0.3, -0.25) is 10.1 Å². The number of rotatable bonds is 3. The van der Waals surface area contributed by atoms with Crippen molar-refractivity contribution in [2.45, 2.75) is 19.1 Å². The predicted molar refractivity (Wildman–Crippen MR) is 44.9 cm³/mol. The SMILES string of the molecule is CCO[C@@H]1CS(=O)(=O)C[C@H]1[N+](=O)[O-]. The zero-order valence-corrected chi connectivity index (χ0v) is 7.99. The second-order valence-corrected chi connectivity index (χ2v) is 5.08. The lowest BCUT2D eigenvalue weighted by Gasteiger charge is -2.10. The fraction of sp³-hybridized carbons (Fsp3) is 1.00. The van der Waals surface area contributed by atoms with Crippen LogP contribution in [0.15, 0.2) is 0 Å². The molecule has 0 aromatic heterocycles. The zero-order valence-electron chi connectivity index (χ0n) is 7.17. The Hall–Kier alpha value is -0.690. The lowest BCUT2D eigenvalue weighted by molar-refractivity contribution is -0.526. The molecule has 0 saturated carbocycles. The van der Waals surface area contributed by atoms with Crippen LogP contribution < -0.4 is 0 Å². The van der Waals surface area contributed by atoms with Gasteiger partial charge in [-0.1, -0.05) is 0 Å². The standard InChI is InChI=1S/C6H11NO5S/c1-2-12-6-4-13(10,11)3-5(6)7(8)9/h5-6H,2-4H2,1H3/t5-,6-/m1/s1. The molecule has 7 heteroatoms. The van der Waals surface area contributed by atoms with Crippen molar-refractivity contribution in [1.29, 1.82) is 0 Å². The van der Waals surface area contributed by atoms with Crippen LogP contribution in [0.3, 0.4) is 0 Å². The van der Waals surface area contributed by atoms with Gasteiger partial charge in [0, 0.05) is 11.5 Å². The van der Waals surface area contributed by atoms with E-state index in [2.05, 4.69) is 0 Å². The molecule has 0 amide bonds. The van der Waals surface area contributed by atoms with Gasteiger partial charge >= 0.3 is 0 Å². The van der Waals surface area contributed by atoms with Crippen LogP contribution in [0.5, 0.6) is 0 Å². The van der Waals surface area contributed by atoms with E-state index >= 15 is 0 Å². The molecule has 1 aliphatic heterocycles. The van der Waals surface area contributed by atoms with Gasteiger partial charge in [0.05, 0.1) is 5.75 Å². The summed E-state index contributed by atoms with van der Waals surface area (Å²) in [6, 6.07) is -1.09. The van der Waals surface area contributed by atoms with Crippen LogP contribution in [-0.2, 0) is 14.6 Å². The van der Waals surface area contributed by atoms with Gasteiger partial charge in [-0.15, -0.1) is 0 Å². The van der Waals surface area contributed by atoms with E-state index in [-0.39, 0.29) is 5.75 Å². The minimum atomic E-state index is -3.28. The topological polar surface area (TPSA) is 86.5 Å². The molecule has 0 N–H and O–H groups in total. The van der Waals surface area contributed by atoms with Gasteiger partial charge in [-0.25, -0.2) is 8.42 Å². The molecule has 1 rings (SSSR count). The van der Waals surface area contributed by atoms with Crippen LogP contribution in [-0.4, -0.2) is 43.6 Å². The molecule has 1 fully saturated rings. The molecule has 1 heterocycles. The molecule has 1 saturated heterocycles. The van der Waals surface area contributed by atoms with Crippen LogP contribution >= 0.6 is 0 Å². The van der Waals surface area contributed by atoms with E-state index in [9.17, 15) is 18.5 Å². The van der Waals surface area contributed by atoms with Crippen molar-refractivity contribution < 1.29 is 18.1 Å². The van der Waals surface area contributed by atoms with Crippen LogP contribution in [0.2, 0.25) is 0 Å². The molecule has 0 bridgehead atoms. The molecule has 13 heavy (non-hydrogen) atoms. The number of hydrogen-bond donors (Lipinski definition) is 0. The fourth-order valence-electron chi connectivity index (χ4n) is 1.37. The van der Waals surface area contributed by atoms with Crippen LogP contribution in [0.4, 0.5) is 0 Å². The number of nitrogens with zero attached hydrogens (tertiary/aromatic N) is 1. The Bertz CT molecular complexity index is 298. The smallest absolute Gasteiger partial charge is 0.253 e. The second-order valence-electron chi connectivity index (χ2n) is 2.92. The lowest BCUT2D eigenvalue weighted by atomic mass is 10.2. The third-order valence-electron chi connectivity index (χ3n) is 1.92.